The third-order valence-electron chi connectivity index (χ3n) is 2.98. The molecule has 1 saturated heterocycles. The summed E-state index contributed by atoms with van der Waals surface area (Å²) in [6, 6.07) is -0.566. The number of aliphatic carboxylic acids is 1. The summed E-state index contributed by atoms with van der Waals surface area (Å²) < 4.78 is 0. The van der Waals surface area contributed by atoms with Crippen molar-refractivity contribution in [2.75, 3.05) is 11.9 Å². The van der Waals surface area contributed by atoms with Crippen LogP contribution in [0.1, 0.15) is 13.3 Å². The largest absolute Gasteiger partial charge is 0.481 e. The SMILES string of the molecule is CC1C(C(=O)O)CCN1C(=O)Nc1nccs1. The van der Waals surface area contributed by atoms with Crippen LogP contribution in [0.15, 0.2) is 11.6 Å². The maximum absolute atomic E-state index is 11.9. The van der Waals surface area contributed by atoms with E-state index < -0.39 is 11.9 Å². The van der Waals surface area contributed by atoms with Gasteiger partial charge in [-0.05, 0) is 13.3 Å². The van der Waals surface area contributed by atoms with E-state index in [1.165, 1.54) is 11.3 Å². The van der Waals surface area contributed by atoms with Gasteiger partial charge in [-0.3, -0.25) is 10.1 Å². The fourth-order valence-electron chi connectivity index (χ4n) is 2.00. The molecule has 1 aliphatic rings. The van der Waals surface area contributed by atoms with Gasteiger partial charge in [-0.1, -0.05) is 0 Å². The van der Waals surface area contributed by atoms with Crippen LogP contribution in [0.3, 0.4) is 0 Å². The summed E-state index contributed by atoms with van der Waals surface area (Å²) in [6.45, 7) is 2.22. The maximum Gasteiger partial charge on any atom is 0.323 e. The summed E-state index contributed by atoms with van der Waals surface area (Å²) in [7, 11) is 0. The van der Waals surface area contributed by atoms with Gasteiger partial charge in [0.1, 0.15) is 0 Å². The Morgan fingerprint density at radius 1 is 1.65 bits per heavy atom. The van der Waals surface area contributed by atoms with Crippen molar-refractivity contribution in [3.05, 3.63) is 11.6 Å². The molecule has 2 rings (SSSR count). The Kier molecular flexibility index (Phi) is 3.28. The number of hydrogen-bond donors (Lipinski definition) is 2. The van der Waals surface area contributed by atoms with Gasteiger partial charge in [-0.15, -0.1) is 11.3 Å². The molecule has 2 unspecified atom stereocenters. The first-order valence-electron chi connectivity index (χ1n) is 5.29. The van der Waals surface area contributed by atoms with E-state index in [1.807, 2.05) is 0 Å². The molecule has 2 N–H and O–H groups in total. The van der Waals surface area contributed by atoms with Crippen molar-refractivity contribution in [2.45, 2.75) is 19.4 Å². The molecule has 0 radical (unpaired) electrons. The van der Waals surface area contributed by atoms with Crippen LogP contribution in [0.2, 0.25) is 0 Å². The molecule has 92 valence electrons. The van der Waals surface area contributed by atoms with Crippen LogP contribution in [0.5, 0.6) is 0 Å². The first-order chi connectivity index (χ1) is 8.09. The lowest BCUT2D eigenvalue weighted by Crippen LogP contribution is -2.40. The molecule has 0 spiro atoms. The molecule has 6 nitrogen and oxygen atoms in total. The molecule has 1 aromatic rings. The number of aromatic nitrogens is 1. The van der Waals surface area contributed by atoms with E-state index in [2.05, 4.69) is 10.3 Å². The number of carboxylic acid groups (broad SMARTS) is 1. The van der Waals surface area contributed by atoms with Crippen LogP contribution >= 0.6 is 11.3 Å². The second kappa shape index (κ2) is 4.70. The highest BCUT2D eigenvalue weighted by Crippen LogP contribution is 2.25. The molecule has 7 heteroatoms. The second-order valence-electron chi connectivity index (χ2n) is 3.93. The summed E-state index contributed by atoms with van der Waals surface area (Å²) in [5, 5.41) is 13.9. The molecule has 17 heavy (non-hydrogen) atoms. The number of carboxylic acids is 1. The highest BCUT2D eigenvalue weighted by Gasteiger charge is 2.38. The zero-order chi connectivity index (χ0) is 12.4. The Labute approximate surface area is 102 Å². The minimum absolute atomic E-state index is 0.281. The number of hydrogen-bond acceptors (Lipinski definition) is 4. The topological polar surface area (TPSA) is 82.5 Å². The normalized spacial score (nSPS) is 23.7. The molecule has 1 aliphatic heterocycles. The van der Waals surface area contributed by atoms with Crippen molar-refractivity contribution in [2.24, 2.45) is 5.92 Å². The Hall–Kier alpha value is -1.63. The molecular formula is C10H13N3O3S. The summed E-state index contributed by atoms with van der Waals surface area (Å²) in [4.78, 5) is 28.3. The molecule has 2 atom stereocenters. The van der Waals surface area contributed by atoms with Crippen molar-refractivity contribution in [1.29, 1.82) is 0 Å². The quantitative estimate of drug-likeness (QED) is 0.838. The molecule has 0 saturated carbocycles. The predicted octanol–water partition coefficient (Wildman–Crippen LogP) is 1.47. The lowest BCUT2D eigenvalue weighted by molar-refractivity contribution is -0.142. The molecule has 2 heterocycles. The average Bonchev–Trinajstić information content (AvgIpc) is 2.86. The van der Waals surface area contributed by atoms with Gasteiger partial charge in [0, 0.05) is 24.2 Å². The van der Waals surface area contributed by atoms with E-state index in [9.17, 15) is 9.59 Å². The van der Waals surface area contributed by atoms with Gasteiger partial charge in [-0.2, -0.15) is 0 Å². The Balaban J connectivity index is 1.99. The summed E-state index contributed by atoms with van der Waals surface area (Å²) in [5.41, 5.74) is 0. The van der Waals surface area contributed by atoms with Crippen LogP contribution in [-0.2, 0) is 4.79 Å². The number of carbonyl (C=O) groups excluding carboxylic acids is 1. The predicted molar refractivity (Wildman–Crippen MR) is 63.0 cm³/mol. The summed E-state index contributed by atoms with van der Waals surface area (Å²) in [5.74, 6) is -1.32. The number of urea groups is 1. The smallest absolute Gasteiger partial charge is 0.323 e. The summed E-state index contributed by atoms with van der Waals surface area (Å²) in [6.07, 6.45) is 2.11. The second-order valence-corrected chi connectivity index (χ2v) is 4.83. The standard InChI is InChI=1S/C10H13N3O3S/c1-6-7(8(14)15)2-4-13(6)10(16)12-9-11-3-5-17-9/h3,5-7H,2,4H2,1H3,(H,14,15)(H,11,12,16). The zero-order valence-electron chi connectivity index (χ0n) is 9.29. The van der Waals surface area contributed by atoms with E-state index in [4.69, 9.17) is 5.11 Å². The monoisotopic (exact) mass is 255 g/mol. The number of carbonyl (C=O) groups is 2. The zero-order valence-corrected chi connectivity index (χ0v) is 10.1. The summed E-state index contributed by atoms with van der Waals surface area (Å²) >= 11 is 1.33. The van der Waals surface area contributed by atoms with Gasteiger partial charge in [0.25, 0.3) is 0 Å². The van der Waals surface area contributed by atoms with Crippen molar-refractivity contribution in [3.8, 4) is 0 Å². The Bertz CT molecular complexity index is 420. The third kappa shape index (κ3) is 2.38. The van der Waals surface area contributed by atoms with Crippen LogP contribution in [0.25, 0.3) is 0 Å². The van der Waals surface area contributed by atoms with Crippen molar-refractivity contribution in [1.82, 2.24) is 9.88 Å². The number of likely N-dealkylation sites (tertiary alicyclic amines) is 1. The van der Waals surface area contributed by atoms with Crippen LogP contribution < -0.4 is 5.32 Å². The van der Waals surface area contributed by atoms with Crippen LogP contribution in [0, 0.1) is 5.92 Å². The van der Waals surface area contributed by atoms with Crippen LogP contribution in [0.4, 0.5) is 9.93 Å². The fraction of sp³-hybridized carbons (Fsp3) is 0.500. The fourth-order valence-corrected chi connectivity index (χ4v) is 2.52. The highest BCUT2D eigenvalue weighted by atomic mass is 32.1. The molecular weight excluding hydrogens is 242 g/mol. The number of nitrogens with one attached hydrogen (secondary N) is 1. The van der Waals surface area contributed by atoms with Gasteiger partial charge < -0.3 is 10.0 Å². The first kappa shape index (κ1) is 11.8. The number of rotatable bonds is 2. The maximum atomic E-state index is 11.9. The molecule has 2 amide bonds. The van der Waals surface area contributed by atoms with Gasteiger partial charge >= 0.3 is 12.0 Å². The van der Waals surface area contributed by atoms with Gasteiger partial charge in [0.15, 0.2) is 5.13 Å². The van der Waals surface area contributed by atoms with E-state index in [0.29, 0.717) is 18.1 Å². The van der Waals surface area contributed by atoms with Gasteiger partial charge in [0.2, 0.25) is 0 Å². The van der Waals surface area contributed by atoms with E-state index in [0.717, 1.165) is 0 Å². The highest BCUT2D eigenvalue weighted by molar-refractivity contribution is 7.13. The van der Waals surface area contributed by atoms with E-state index in [1.54, 1.807) is 23.4 Å². The molecule has 0 bridgehead atoms. The van der Waals surface area contributed by atoms with E-state index in [-0.39, 0.29) is 12.1 Å². The molecule has 1 aromatic heterocycles. The Morgan fingerprint density at radius 2 is 2.41 bits per heavy atom. The minimum atomic E-state index is -0.845. The molecule has 0 aliphatic carbocycles. The minimum Gasteiger partial charge on any atom is -0.481 e. The lowest BCUT2D eigenvalue weighted by Gasteiger charge is -2.22. The van der Waals surface area contributed by atoms with Crippen molar-refractivity contribution >= 4 is 28.5 Å². The Morgan fingerprint density at radius 3 is 2.94 bits per heavy atom. The average molecular weight is 255 g/mol. The third-order valence-corrected chi connectivity index (χ3v) is 3.67. The number of anilines is 1. The van der Waals surface area contributed by atoms with Gasteiger partial charge in [0.05, 0.1) is 5.92 Å². The molecule has 1 fully saturated rings. The van der Waals surface area contributed by atoms with Crippen LogP contribution in [-0.4, -0.2) is 39.6 Å². The lowest BCUT2D eigenvalue weighted by atomic mass is 10.0. The number of thiazole rings is 1. The number of amides is 2. The van der Waals surface area contributed by atoms with E-state index >= 15 is 0 Å². The first-order valence-corrected chi connectivity index (χ1v) is 6.17. The van der Waals surface area contributed by atoms with Crippen molar-refractivity contribution < 1.29 is 14.7 Å². The molecule has 0 aromatic carbocycles. The number of nitrogens with zero attached hydrogens (tertiary/aromatic N) is 2. The van der Waals surface area contributed by atoms with Crippen molar-refractivity contribution in [3.63, 3.8) is 0 Å². The van der Waals surface area contributed by atoms with Gasteiger partial charge in [-0.25, -0.2) is 9.78 Å².